The van der Waals surface area contributed by atoms with E-state index in [1.165, 1.54) is 64.6 Å². The standard InChI is InChI=1S/C16H32N2/c1-16(2)10-11-18(13-14(16)12-17-3)15-8-6-4-5-7-9-15/h14-15,17H,4-13H2,1-3H3. The van der Waals surface area contributed by atoms with Crippen molar-refractivity contribution in [1.82, 2.24) is 10.2 Å². The summed E-state index contributed by atoms with van der Waals surface area (Å²) in [6.07, 6.45) is 10.1. The van der Waals surface area contributed by atoms with Gasteiger partial charge in [0.05, 0.1) is 0 Å². The van der Waals surface area contributed by atoms with Gasteiger partial charge in [-0.3, -0.25) is 0 Å². The Morgan fingerprint density at radius 1 is 1.11 bits per heavy atom. The molecule has 2 rings (SSSR count). The Hall–Kier alpha value is -0.0800. The van der Waals surface area contributed by atoms with Crippen molar-refractivity contribution in [3.8, 4) is 0 Å². The summed E-state index contributed by atoms with van der Waals surface area (Å²) < 4.78 is 0. The molecule has 1 aliphatic carbocycles. The van der Waals surface area contributed by atoms with Gasteiger partial charge >= 0.3 is 0 Å². The molecule has 18 heavy (non-hydrogen) atoms. The zero-order valence-corrected chi connectivity index (χ0v) is 12.7. The minimum atomic E-state index is 0.518. The summed E-state index contributed by atoms with van der Waals surface area (Å²) >= 11 is 0. The molecule has 0 aromatic heterocycles. The van der Waals surface area contributed by atoms with Crippen molar-refractivity contribution in [1.29, 1.82) is 0 Å². The van der Waals surface area contributed by atoms with Gasteiger partial charge in [0.2, 0.25) is 0 Å². The third-order valence-electron chi connectivity index (χ3n) is 5.40. The minimum absolute atomic E-state index is 0.518. The fourth-order valence-corrected chi connectivity index (χ4v) is 3.80. The molecule has 1 saturated heterocycles. The van der Waals surface area contributed by atoms with Crippen LogP contribution in [0, 0.1) is 11.3 Å². The molecule has 1 atom stereocenters. The summed E-state index contributed by atoms with van der Waals surface area (Å²) in [5, 5.41) is 3.40. The number of rotatable bonds is 3. The lowest BCUT2D eigenvalue weighted by atomic mass is 9.73. The Labute approximate surface area is 114 Å². The molecule has 2 aliphatic rings. The predicted molar refractivity (Wildman–Crippen MR) is 78.9 cm³/mol. The quantitative estimate of drug-likeness (QED) is 0.776. The summed E-state index contributed by atoms with van der Waals surface area (Å²) in [6, 6.07) is 0.892. The SMILES string of the molecule is CNCC1CN(C2CCCCCC2)CCC1(C)C. The Bertz CT molecular complexity index is 241. The van der Waals surface area contributed by atoms with Crippen molar-refractivity contribution in [3.05, 3.63) is 0 Å². The Morgan fingerprint density at radius 2 is 1.78 bits per heavy atom. The number of hydrogen-bond donors (Lipinski definition) is 1. The number of likely N-dealkylation sites (tertiary alicyclic amines) is 1. The topological polar surface area (TPSA) is 15.3 Å². The van der Waals surface area contributed by atoms with Crippen LogP contribution in [-0.4, -0.2) is 37.6 Å². The molecule has 2 nitrogen and oxygen atoms in total. The lowest BCUT2D eigenvalue weighted by molar-refractivity contribution is 0.0304. The van der Waals surface area contributed by atoms with Crippen molar-refractivity contribution in [3.63, 3.8) is 0 Å². The van der Waals surface area contributed by atoms with Crippen LogP contribution in [0.15, 0.2) is 0 Å². The van der Waals surface area contributed by atoms with Gasteiger partial charge in [0.1, 0.15) is 0 Å². The van der Waals surface area contributed by atoms with Crippen LogP contribution in [0.25, 0.3) is 0 Å². The first-order valence-corrected chi connectivity index (χ1v) is 8.02. The highest BCUT2D eigenvalue weighted by atomic mass is 15.2. The zero-order chi connectivity index (χ0) is 13.0. The molecule has 106 valence electrons. The van der Waals surface area contributed by atoms with E-state index in [-0.39, 0.29) is 0 Å². The van der Waals surface area contributed by atoms with Gasteiger partial charge in [-0.25, -0.2) is 0 Å². The van der Waals surface area contributed by atoms with Gasteiger partial charge < -0.3 is 10.2 Å². The normalized spacial score (nSPS) is 31.2. The van der Waals surface area contributed by atoms with Crippen LogP contribution < -0.4 is 5.32 Å². The van der Waals surface area contributed by atoms with Gasteiger partial charge in [-0.1, -0.05) is 39.5 Å². The third kappa shape index (κ3) is 3.48. The Kier molecular flexibility index (Phi) is 5.08. The molecule has 0 spiro atoms. The molecule has 2 heteroatoms. The molecule has 0 amide bonds. The average molecular weight is 252 g/mol. The first-order chi connectivity index (χ1) is 8.63. The molecule has 1 N–H and O–H groups in total. The minimum Gasteiger partial charge on any atom is -0.319 e. The molecule has 1 heterocycles. The molecular formula is C16H32N2. The van der Waals surface area contributed by atoms with Crippen LogP contribution in [0.5, 0.6) is 0 Å². The molecule has 0 radical (unpaired) electrons. The van der Waals surface area contributed by atoms with Crippen LogP contribution in [0.4, 0.5) is 0 Å². The summed E-state index contributed by atoms with van der Waals surface area (Å²) in [5.41, 5.74) is 0.518. The van der Waals surface area contributed by atoms with Gasteiger partial charge in [0.15, 0.2) is 0 Å². The van der Waals surface area contributed by atoms with E-state index in [1.807, 2.05) is 0 Å². The molecular weight excluding hydrogens is 220 g/mol. The fourth-order valence-electron chi connectivity index (χ4n) is 3.80. The molecule has 1 unspecified atom stereocenters. The van der Waals surface area contributed by atoms with Gasteiger partial charge in [-0.15, -0.1) is 0 Å². The van der Waals surface area contributed by atoms with Crippen LogP contribution in [-0.2, 0) is 0 Å². The highest BCUT2D eigenvalue weighted by molar-refractivity contribution is 4.90. The van der Waals surface area contributed by atoms with E-state index in [1.54, 1.807) is 0 Å². The largest absolute Gasteiger partial charge is 0.319 e. The Morgan fingerprint density at radius 3 is 2.39 bits per heavy atom. The maximum atomic E-state index is 3.40. The van der Waals surface area contributed by atoms with E-state index in [0.29, 0.717) is 5.41 Å². The van der Waals surface area contributed by atoms with Crippen LogP contribution in [0.3, 0.4) is 0 Å². The zero-order valence-electron chi connectivity index (χ0n) is 12.7. The van der Waals surface area contributed by atoms with Crippen molar-refractivity contribution in [2.75, 3.05) is 26.7 Å². The first-order valence-electron chi connectivity index (χ1n) is 8.02. The second-order valence-electron chi connectivity index (χ2n) is 7.13. The monoisotopic (exact) mass is 252 g/mol. The van der Waals surface area contributed by atoms with Crippen LogP contribution in [0.1, 0.15) is 58.8 Å². The van der Waals surface area contributed by atoms with Crippen LogP contribution >= 0.6 is 0 Å². The number of nitrogens with zero attached hydrogens (tertiary/aromatic N) is 1. The van der Waals surface area contributed by atoms with E-state index >= 15 is 0 Å². The maximum absolute atomic E-state index is 3.40. The van der Waals surface area contributed by atoms with Crippen molar-refractivity contribution >= 4 is 0 Å². The summed E-state index contributed by atoms with van der Waals surface area (Å²) in [6.45, 7) is 8.74. The Balaban J connectivity index is 1.94. The first kappa shape index (κ1) is 14.3. The number of nitrogens with one attached hydrogen (secondary N) is 1. The average Bonchev–Trinajstić information content (AvgIpc) is 2.61. The van der Waals surface area contributed by atoms with Crippen LogP contribution in [0.2, 0.25) is 0 Å². The maximum Gasteiger partial charge on any atom is 0.00953 e. The van der Waals surface area contributed by atoms with Gasteiger partial charge in [0.25, 0.3) is 0 Å². The number of piperidine rings is 1. The van der Waals surface area contributed by atoms with Crippen molar-refractivity contribution < 1.29 is 0 Å². The number of hydrogen-bond acceptors (Lipinski definition) is 2. The van der Waals surface area contributed by atoms with E-state index in [4.69, 9.17) is 0 Å². The van der Waals surface area contributed by atoms with Crippen molar-refractivity contribution in [2.45, 2.75) is 64.8 Å². The summed E-state index contributed by atoms with van der Waals surface area (Å²) in [5.74, 6) is 0.819. The second-order valence-corrected chi connectivity index (χ2v) is 7.13. The van der Waals surface area contributed by atoms with Gasteiger partial charge in [-0.2, -0.15) is 0 Å². The van der Waals surface area contributed by atoms with Gasteiger partial charge in [0, 0.05) is 12.6 Å². The van der Waals surface area contributed by atoms with Gasteiger partial charge in [-0.05, 0) is 50.7 Å². The molecule has 1 aliphatic heterocycles. The lowest BCUT2D eigenvalue weighted by Gasteiger charge is -2.46. The lowest BCUT2D eigenvalue weighted by Crippen LogP contribution is -2.51. The van der Waals surface area contributed by atoms with E-state index < -0.39 is 0 Å². The molecule has 1 saturated carbocycles. The van der Waals surface area contributed by atoms with E-state index in [0.717, 1.165) is 12.0 Å². The van der Waals surface area contributed by atoms with Crippen molar-refractivity contribution in [2.24, 2.45) is 11.3 Å². The summed E-state index contributed by atoms with van der Waals surface area (Å²) in [4.78, 5) is 2.82. The molecule has 0 bridgehead atoms. The summed E-state index contributed by atoms with van der Waals surface area (Å²) in [7, 11) is 2.10. The van der Waals surface area contributed by atoms with E-state index in [2.05, 4.69) is 31.1 Å². The molecule has 2 fully saturated rings. The molecule has 0 aromatic rings. The van der Waals surface area contributed by atoms with E-state index in [9.17, 15) is 0 Å². The second kappa shape index (κ2) is 6.38. The highest BCUT2D eigenvalue weighted by Gasteiger charge is 2.37. The fraction of sp³-hybridized carbons (Fsp3) is 1.00. The highest BCUT2D eigenvalue weighted by Crippen LogP contribution is 2.37. The molecule has 0 aromatic carbocycles. The third-order valence-corrected chi connectivity index (χ3v) is 5.40. The predicted octanol–water partition coefficient (Wildman–Crippen LogP) is 3.28. The smallest absolute Gasteiger partial charge is 0.00953 e.